The fourth-order valence-corrected chi connectivity index (χ4v) is 2.89. The first-order valence-corrected chi connectivity index (χ1v) is 8.00. The molecule has 0 aromatic heterocycles. The Kier molecular flexibility index (Phi) is 8.00. The van der Waals surface area contributed by atoms with Gasteiger partial charge in [0.2, 0.25) is 0 Å². The summed E-state index contributed by atoms with van der Waals surface area (Å²) in [5, 5.41) is 5.90. The number of nitrogens with zero attached hydrogens (tertiary/aromatic N) is 1. The van der Waals surface area contributed by atoms with Gasteiger partial charge >= 0.3 is 6.18 Å². The van der Waals surface area contributed by atoms with Gasteiger partial charge in [0.25, 0.3) is 0 Å². The van der Waals surface area contributed by atoms with Gasteiger partial charge in [-0.05, 0) is 31.6 Å². The predicted molar refractivity (Wildman–Crippen MR) is 82.0 cm³/mol. The van der Waals surface area contributed by atoms with Crippen molar-refractivity contribution in [2.75, 3.05) is 33.4 Å². The molecule has 1 aliphatic carbocycles. The van der Waals surface area contributed by atoms with E-state index in [1.54, 1.807) is 7.05 Å². The number of guanidine groups is 1. The van der Waals surface area contributed by atoms with E-state index in [4.69, 9.17) is 4.74 Å². The van der Waals surface area contributed by atoms with E-state index in [1.807, 2.05) is 6.92 Å². The van der Waals surface area contributed by atoms with Crippen LogP contribution in [0.4, 0.5) is 13.2 Å². The molecule has 4 nitrogen and oxygen atoms in total. The highest BCUT2D eigenvalue weighted by Gasteiger charge is 2.33. The number of nitrogens with one attached hydrogen (secondary N) is 2. The van der Waals surface area contributed by atoms with E-state index >= 15 is 0 Å². The fraction of sp³-hybridized carbons (Fsp3) is 0.933. The molecule has 0 aromatic rings. The molecular formula is C15H28F3N3O. The molecule has 0 aliphatic heterocycles. The molecular weight excluding hydrogens is 295 g/mol. The van der Waals surface area contributed by atoms with Gasteiger partial charge in [0, 0.05) is 33.4 Å². The van der Waals surface area contributed by atoms with Crippen molar-refractivity contribution >= 4 is 5.96 Å². The van der Waals surface area contributed by atoms with E-state index in [2.05, 4.69) is 15.6 Å². The normalized spacial score (nSPS) is 18.5. The lowest BCUT2D eigenvalue weighted by atomic mass is 9.83. The van der Waals surface area contributed by atoms with Crippen LogP contribution < -0.4 is 10.6 Å². The number of hydrogen-bond acceptors (Lipinski definition) is 2. The smallest absolute Gasteiger partial charge is 0.382 e. The highest BCUT2D eigenvalue weighted by molar-refractivity contribution is 5.79. The molecule has 0 radical (unpaired) electrons. The van der Waals surface area contributed by atoms with Gasteiger partial charge in [-0.15, -0.1) is 0 Å². The highest BCUT2D eigenvalue weighted by atomic mass is 19.4. The molecule has 130 valence electrons. The Morgan fingerprint density at radius 1 is 1.23 bits per heavy atom. The van der Waals surface area contributed by atoms with Gasteiger partial charge < -0.3 is 15.4 Å². The third-order valence-corrected chi connectivity index (χ3v) is 4.20. The zero-order chi connectivity index (χ0) is 16.5. The molecule has 0 spiro atoms. The van der Waals surface area contributed by atoms with Gasteiger partial charge in [-0.2, -0.15) is 13.2 Å². The van der Waals surface area contributed by atoms with Crippen molar-refractivity contribution in [2.24, 2.45) is 10.4 Å². The van der Waals surface area contributed by atoms with E-state index in [9.17, 15) is 13.2 Å². The van der Waals surface area contributed by atoms with Gasteiger partial charge in [0.15, 0.2) is 5.96 Å². The summed E-state index contributed by atoms with van der Waals surface area (Å²) >= 11 is 0. The maximum atomic E-state index is 12.2. The lowest BCUT2D eigenvalue weighted by Gasteiger charge is -2.30. The van der Waals surface area contributed by atoms with Crippen LogP contribution in [-0.4, -0.2) is 45.5 Å². The highest BCUT2D eigenvalue weighted by Crippen LogP contribution is 2.40. The third kappa shape index (κ3) is 7.33. The molecule has 0 saturated heterocycles. The van der Waals surface area contributed by atoms with Crippen molar-refractivity contribution in [3.05, 3.63) is 0 Å². The molecule has 0 atom stereocenters. The van der Waals surface area contributed by atoms with Crippen LogP contribution in [0.2, 0.25) is 0 Å². The van der Waals surface area contributed by atoms with Crippen molar-refractivity contribution in [1.82, 2.24) is 10.6 Å². The minimum Gasteiger partial charge on any atom is -0.382 e. The summed E-state index contributed by atoms with van der Waals surface area (Å²) < 4.78 is 41.9. The first-order valence-electron chi connectivity index (χ1n) is 8.00. The summed E-state index contributed by atoms with van der Waals surface area (Å²) in [6.07, 6.45) is 0.646. The zero-order valence-corrected chi connectivity index (χ0v) is 13.6. The van der Waals surface area contributed by atoms with E-state index in [1.165, 1.54) is 12.8 Å². The van der Waals surface area contributed by atoms with E-state index in [0.717, 1.165) is 32.4 Å². The Labute approximate surface area is 130 Å². The molecule has 2 N–H and O–H groups in total. The fourth-order valence-electron chi connectivity index (χ4n) is 2.89. The van der Waals surface area contributed by atoms with Crippen LogP contribution in [0.3, 0.4) is 0 Å². The Hall–Kier alpha value is -0.980. The predicted octanol–water partition coefficient (Wildman–Crippen LogP) is 3.09. The molecule has 0 aromatic carbocycles. The summed E-state index contributed by atoms with van der Waals surface area (Å²) in [6.45, 7) is 4.00. The maximum absolute atomic E-state index is 12.2. The Morgan fingerprint density at radius 2 is 1.91 bits per heavy atom. The number of aliphatic imine (C=N–C) groups is 1. The Balaban J connectivity index is 2.38. The quantitative estimate of drug-likeness (QED) is 0.410. The Bertz CT molecular complexity index is 339. The zero-order valence-electron chi connectivity index (χ0n) is 13.6. The van der Waals surface area contributed by atoms with Gasteiger partial charge in [0.1, 0.15) is 0 Å². The largest absolute Gasteiger partial charge is 0.390 e. The maximum Gasteiger partial charge on any atom is 0.390 e. The summed E-state index contributed by atoms with van der Waals surface area (Å²) in [4.78, 5) is 3.99. The molecule has 0 unspecified atom stereocenters. The second-order valence-corrected chi connectivity index (χ2v) is 5.87. The lowest BCUT2D eigenvalue weighted by Crippen LogP contribution is -2.44. The monoisotopic (exact) mass is 323 g/mol. The lowest BCUT2D eigenvalue weighted by molar-refractivity contribution is -0.132. The molecule has 1 fully saturated rings. The van der Waals surface area contributed by atoms with Crippen LogP contribution in [0, 0.1) is 5.41 Å². The van der Waals surface area contributed by atoms with Crippen molar-refractivity contribution < 1.29 is 17.9 Å². The average Bonchev–Trinajstić information content (AvgIpc) is 2.91. The van der Waals surface area contributed by atoms with Crippen LogP contribution in [0.15, 0.2) is 4.99 Å². The number of halogens is 3. The van der Waals surface area contributed by atoms with Gasteiger partial charge in [-0.25, -0.2) is 0 Å². The summed E-state index contributed by atoms with van der Waals surface area (Å²) in [6, 6.07) is 0. The first-order chi connectivity index (χ1) is 10.4. The second-order valence-electron chi connectivity index (χ2n) is 5.87. The van der Waals surface area contributed by atoms with Gasteiger partial charge in [0.05, 0.1) is 6.42 Å². The van der Waals surface area contributed by atoms with Gasteiger partial charge in [-0.1, -0.05) is 12.8 Å². The van der Waals surface area contributed by atoms with Crippen molar-refractivity contribution in [3.63, 3.8) is 0 Å². The van der Waals surface area contributed by atoms with Crippen molar-refractivity contribution in [2.45, 2.75) is 51.6 Å². The van der Waals surface area contributed by atoms with Crippen LogP contribution >= 0.6 is 0 Å². The standard InChI is InChI=1S/C15H28F3N3O/c1-3-22-11-9-14(6-4-5-7-14)12-21-13(19-2)20-10-8-15(16,17)18/h3-12H2,1-2H3,(H2,19,20,21). The molecule has 1 aliphatic rings. The van der Waals surface area contributed by atoms with Gasteiger partial charge in [-0.3, -0.25) is 4.99 Å². The first kappa shape index (κ1) is 19.1. The van der Waals surface area contributed by atoms with E-state index in [-0.39, 0.29) is 12.0 Å². The summed E-state index contributed by atoms with van der Waals surface area (Å²) in [5.74, 6) is 0.437. The topological polar surface area (TPSA) is 45.6 Å². The minimum absolute atomic E-state index is 0.158. The van der Waals surface area contributed by atoms with E-state index < -0.39 is 12.6 Å². The van der Waals surface area contributed by atoms with Crippen LogP contribution in [0.5, 0.6) is 0 Å². The molecule has 1 rings (SSSR count). The van der Waals surface area contributed by atoms with Crippen LogP contribution in [0.25, 0.3) is 0 Å². The molecule has 0 bridgehead atoms. The Morgan fingerprint density at radius 3 is 2.45 bits per heavy atom. The molecule has 7 heteroatoms. The summed E-state index contributed by atoms with van der Waals surface area (Å²) in [7, 11) is 1.57. The third-order valence-electron chi connectivity index (χ3n) is 4.20. The molecule has 0 heterocycles. The van der Waals surface area contributed by atoms with Crippen LogP contribution in [0.1, 0.15) is 45.4 Å². The minimum atomic E-state index is -4.14. The SMILES string of the molecule is CCOCCC1(CNC(=NC)NCCC(F)(F)F)CCCC1. The van der Waals surface area contributed by atoms with Crippen molar-refractivity contribution in [1.29, 1.82) is 0 Å². The van der Waals surface area contributed by atoms with Crippen molar-refractivity contribution in [3.8, 4) is 0 Å². The molecule has 22 heavy (non-hydrogen) atoms. The number of hydrogen-bond donors (Lipinski definition) is 2. The number of ether oxygens (including phenoxy) is 1. The molecule has 1 saturated carbocycles. The summed E-state index contributed by atoms with van der Waals surface area (Å²) in [5.41, 5.74) is 0.177. The second kappa shape index (κ2) is 9.22. The number of alkyl halides is 3. The average molecular weight is 323 g/mol. The van der Waals surface area contributed by atoms with Crippen LogP contribution in [-0.2, 0) is 4.74 Å². The number of rotatable bonds is 8. The molecule has 0 amide bonds. The van der Waals surface area contributed by atoms with E-state index in [0.29, 0.717) is 12.6 Å².